The number of carbonyl (C=O) groups excluding carboxylic acids is 1. The van der Waals surface area contributed by atoms with Crippen LogP contribution < -0.4 is 15.4 Å². The fourth-order valence-electron chi connectivity index (χ4n) is 2.13. The summed E-state index contributed by atoms with van der Waals surface area (Å²) in [6.07, 6.45) is 3.97. The molecule has 0 unspecified atom stereocenters. The average molecular weight is 340 g/mol. The first-order valence-corrected chi connectivity index (χ1v) is 8.03. The second kappa shape index (κ2) is 9.47. The zero-order valence-corrected chi connectivity index (χ0v) is 14.3. The largest absolute Gasteiger partial charge is 0.496 e. The van der Waals surface area contributed by atoms with Crippen molar-refractivity contribution in [2.45, 2.75) is 6.42 Å². The first kappa shape index (κ1) is 17.7. The van der Waals surface area contributed by atoms with Crippen molar-refractivity contribution in [3.05, 3.63) is 71.8 Å². The minimum absolute atomic E-state index is 0.280. The fourth-order valence-corrected chi connectivity index (χ4v) is 2.34. The van der Waals surface area contributed by atoms with Crippen LogP contribution in [0.25, 0.3) is 6.08 Å². The zero-order valence-electron chi connectivity index (χ0n) is 13.5. The van der Waals surface area contributed by atoms with Crippen LogP contribution in [-0.2, 0) is 11.2 Å². The number of methoxy groups -OCH3 is 1. The average Bonchev–Trinajstić information content (AvgIpc) is 2.61. The van der Waals surface area contributed by atoms with E-state index in [-0.39, 0.29) is 5.91 Å². The van der Waals surface area contributed by atoms with Crippen LogP contribution in [0.1, 0.15) is 11.1 Å². The Labute approximate surface area is 147 Å². The molecule has 2 rings (SSSR count). The van der Waals surface area contributed by atoms with Gasteiger partial charge < -0.3 is 10.1 Å². The molecule has 0 heterocycles. The van der Waals surface area contributed by atoms with Gasteiger partial charge in [0.2, 0.25) is 5.91 Å². The molecule has 0 bridgehead atoms. The Morgan fingerprint density at radius 2 is 1.83 bits per heavy atom. The van der Waals surface area contributed by atoms with Crippen LogP contribution in [-0.4, -0.2) is 24.7 Å². The number of amides is 1. The van der Waals surface area contributed by atoms with Gasteiger partial charge >= 0.3 is 0 Å². The van der Waals surface area contributed by atoms with E-state index in [1.54, 1.807) is 13.2 Å². The van der Waals surface area contributed by atoms with Crippen LogP contribution in [0.4, 0.5) is 0 Å². The Hall–Kier alpha value is -2.66. The van der Waals surface area contributed by atoms with E-state index in [2.05, 4.69) is 22.8 Å². The van der Waals surface area contributed by atoms with Gasteiger partial charge in [0.25, 0.3) is 0 Å². The molecule has 1 amide bonds. The topological polar surface area (TPSA) is 50.4 Å². The Kier molecular flexibility index (Phi) is 6.98. The van der Waals surface area contributed by atoms with Gasteiger partial charge in [-0.1, -0.05) is 48.5 Å². The highest BCUT2D eigenvalue weighted by Crippen LogP contribution is 2.18. The lowest BCUT2D eigenvalue weighted by atomic mass is 10.1. The third-order valence-electron chi connectivity index (χ3n) is 3.33. The molecule has 2 aromatic carbocycles. The summed E-state index contributed by atoms with van der Waals surface area (Å²) < 4.78 is 5.23. The van der Waals surface area contributed by atoms with Crippen LogP contribution in [0.15, 0.2) is 60.7 Å². The van der Waals surface area contributed by atoms with Crippen molar-refractivity contribution in [3.63, 3.8) is 0 Å². The standard InChI is InChI=1S/C19H20N2O2S/c1-23-17-10-6-5-9-16(17)11-12-18(22)21-19(24)20-14-13-15-7-3-2-4-8-15/h2-12H,13-14H2,1H3,(H2,20,21,22,24)/b12-11+. The highest BCUT2D eigenvalue weighted by Gasteiger charge is 2.02. The van der Waals surface area contributed by atoms with Gasteiger partial charge in [-0.3, -0.25) is 10.1 Å². The number of carbonyl (C=O) groups is 1. The number of ether oxygens (including phenoxy) is 1. The second-order valence-corrected chi connectivity index (χ2v) is 5.46. The third-order valence-corrected chi connectivity index (χ3v) is 3.58. The molecule has 124 valence electrons. The minimum Gasteiger partial charge on any atom is -0.496 e. The smallest absolute Gasteiger partial charge is 0.250 e. The number of benzene rings is 2. The summed E-state index contributed by atoms with van der Waals surface area (Å²) in [7, 11) is 1.60. The molecule has 0 aliphatic carbocycles. The van der Waals surface area contributed by atoms with E-state index in [1.165, 1.54) is 11.6 Å². The summed E-state index contributed by atoms with van der Waals surface area (Å²) >= 11 is 5.12. The minimum atomic E-state index is -0.280. The summed E-state index contributed by atoms with van der Waals surface area (Å²) in [6, 6.07) is 17.6. The van der Waals surface area contributed by atoms with E-state index in [0.717, 1.165) is 12.0 Å². The fraction of sp³-hybridized carbons (Fsp3) is 0.158. The molecule has 0 fully saturated rings. The highest BCUT2D eigenvalue weighted by atomic mass is 32.1. The Bertz CT molecular complexity index is 714. The van der Waals surface area contributed by atoms with Crippen LogP contribution in [0, 0.1) is 0 Å². The normalized spacial score (nSPS) is 10.4. The number of para-hydroxylation sites is 1. The van der Waals surface area contributed by atoms with E-state index in [1.807, 2.05) is 42.5 Å². The first-order valence-electron chi connectivity index (χ1n) is 7.63. The van der Waals surface area contributed by atoms with E-state index in [4.69, 9.17) is 17.0 Å². The van der Waals surface area contributed by atoms with E-state index in [0.29, 0.717) is 17.4 Å². The molecule has 0 aliphatic rings. The number of hydrogen-bond donors (Lipinski definition) is 2. The lowest BCUT2D eigenvalue weighted by Crippen LogP contribution is -2.39. The van der Waals surface area contributed by atoms with Crippen molar-refractivity contribution in [1.82, 2.24) is 10.6 Å². The van der Waals surface area contributed by atoms with Crippen LogP contribution in [0.5, 0.6) is 5.75 Å². The van der Waals surface area contributed by atoms with Gasteiger partial charge in [0.1, 0.15) is 5.75 Å². The van der Waals surface area contributed by atoms with Gasteiger partial charge in [0, 0.05) is 18.2 Å². The highest BCUT2D eigenvalue weighted by molar-refractivity contribution is 7.80. The molecule has 24 heavy (non-hydrogen) atoms. The summed E-state index contributed by atoms with van der Waals surface area (Å²) in [6.45, 7) is 0.666. The van der Waals surface area contributed by atoms with E-state index >= 15 is 0 Å². The molecule has 2 aromatic rings. The van der Waals surface area contributed by atoms with Crippen LogP contribution in [0.2, 0.25) is 0 Å². The Morgan fingerprint density at radius 1 is 1.12 bits per heavy atom. The predicted molar refractivity (Wildman–Crippen MR) is 101 cm³/mol. The monoisotopic (exact) mass is 340 g/mol. The third kappa shape index (κ3) is 5.85. The van der Waals surface area contributed by atoms with Gasteiger partial charge in [-0.15, -0.1) is 0 Å². The van der Waals surface area contributed by atoms with Crippen LogP contribution >= 0.6 is 12.2 Å². The number of nitrogens with one attached hydrogen (secondary N) is 2. The van der Waals surface area contributed by atoms with Crippen molar-refractivity contribution in [3.8, 4) is 5.75 Å². The van der Waals surface area contributed by atoms with E-state index < -0.39 is 0 Å². The SMILES string of the molecule is COc1ccccc1/C=C/C(=O)NC(=S)NCCc1ccccc1. The number of rotatable bonds is 6. The maximum absolute atomic E-state index is 11.9. The maximum Gasteiger partial charge on any atom is 0.250 e. The first-order chi connectivity index (χ1) is 11.7. The molecule has 0 radical (unpaired) electrons. The summed E-state index contributed by atoms with van der Waals surface area (Å²) in [5, 5.41) is 5.97. The predicted octanol–water partition coefficient (Wildman–Crippen LogP) is 2.94. The Balaban J connectivity index is 1.77. The molecule has 4 nitrogen and oxygen atoms in total. The molecular formula is C19H20N2O2S. The van der Waals surface area contributed by atoms with Gasteiger partial charge in [-0.25, -0.2) is 0 Å². The van der Waals surface area contributed by atoms with Gasteiger partial charge in [0.15, 0.2) is 5.11 Å². The summed E-state index contributed by atoms with van der Waals surface area (Å²) in [5.74, 6) is 0.434. The molecule has 2 N–H and O–H groups in total. The molecule has 0 spiro atoms. The lowest BCUT2D eigenvalue weighted by Gasteiger charge is -2.08. The molecule has 0 aromatic heterocycles. The zero-order chi connectivity index (χ0) is 17.2. The summed E-state index contributed by atoms with van der Waals surface area (Å²) in [5.41, 5.74) is 2.05. The van der Waals surface area contributed by atoms with Crippen molar-refractivity contribution >= 4 is 29.3 Å². The van der Waals surface area contributed by atoms with Crippen molar-refractivity contribution in [2.75, 3.05) is 13.7 Å². The molecule has 0 saturated heterocycles. The molecule has 0 saturated carbocycles. The lowest BCUT2D eigenvalue weighted by molar-refractivity contribution is -0.115. The Morgan fingerprint density at radius 3 is 2.58 bits per heavy atom. The van der Waals surface area contributed by atoms with Gasteiger partial charge in [-0.05, 0) is 36.3 Å². The second-order valence-electron chi connectivity index (χ2n) is 5.06. The maximum atomic E-state index is 11.9. The van der Waals surface area contributed by atoms with Crippen molar-refractivity contribution in [2.24, 2.45) is 0 Å². The van der Waals surface area contributed by atoms with Crippen molar-refractivity contribution in [1.29, 1.82) is 0 Å². The van der Waals surface area contributed by atoms with Gasteiger partial charge in [0.05, 0.1) is 7.11 Å². The molecule has 5 heteroatoms. The molecular weight excluding hydrogens is 320 g/mol. The number of thiocarbonyl (C=S) groups is 1. The van der Waals surface area contributed by atoms with Crippen LogP contribution in [0.3, 0.4) is 0 Å². The van der Waals surface area contributed by atoms with Crippen molar-refractivity contribution < 1.29 is 9.53 Å². The van der Waals surface area contributed by atoms with E-state index in [9.17, 15) is 4.79 Å². The number of hydrogen-bond acceptors (Lipinski definition) is 3. The summed E-state index contributed by atoms with van der Waals surface area (Å²) in [4.78, 5) is 11.9. The van der Waals surface area contributed by atoms with Gasteiger partial charge in [-0.2, -0.15) is 0 Å². The molecule has 0 aliphatic heterocycles. The quantitative estimate of drug-likeness (QED) is 0.627. The molecule has 0 atom stereocenters.